The summed E-state index contributed by atoms with van der Waals surface area (Å²) >= 11 is 0. The maximum Gasteiger partial charge on any atom is 0.226 e. The van der Waals surface area contributed by atoms with Crippen molar-refractivity contribution in [3.05, 3.63) is 35.0 Å². The number of carbonyl (C=O) groups is 1. The highest BCUT2D eigenvalue weighted by atomic mass is 32.2. The molecular weight excluding hydrogens is 382 g/mol. The fourth-order valence-corrected chi connectivity index (χ4v) is 5.87. The van der Waals surface area contributed by atoms with E-state index in [1.807, 2.05) is 19.1 Å². The number of sulfone groups is 1. The van der Waals surface area contributed by atoms with E-state index in [4.69, 9.17) is 9.47 Å². The van der Waals surface area contributed by atoms with Crippen LogP contribution in [0.1, 0.15) is 41.6 Å². The summed E-state index contributed by atoms with van der Waals surface area (Å²) in [7, 11) is 0.107. The number of nitrogens with zero attached hydrogens (tertiary/aromatic N) is 2. The molecule has 1 N–H and O–H groups in total. The summed E-state index contributed by atoms with van der Waals surface area (Å²) in [5, 5.41) is 7.53. The lowest BCUT2D eigenvalue weighted by atomic mass is 9.85. The van der Waals surface area contributed by atoms with E-state index in [2.05, 4.69) is 10.4 Å². The Morgan fingerprint density at radius 2 is 2.04 bits per heavy atom. The van der Waals surface area contributed by atoms with Gasteiger partial charge < -0.3 is 14.8 Å². The van der Waals surface area contributed by atoms with Crippen molar-refractivity contribution in [2.45, 2.75) is 31.7 Å². The smallest absolute Gasteiger partial charge is 0.226 e. The van der Waals surface area contributed by atoms with Gasteiger partial charge in [-0.1, -0.05) is 6.07 Å². The van der Waals surface area contributed by atoms with Crippen molar-refractivity contribution in [1.82, 2.24) is 9.78 Å². The average molecular weight is 405 g/mol. The van der Waals surface area contributed by atoms with Gasteiger partial charge in [-0.25, -0.2) is 13.1 Å². The summed E-state index contributed by atoms with van der Waals surface area (Å²) in [6.45, 7) is 1.89. The van der Waals surface area contributed by atoms with Crippen molar-refractivity contribution in [2.24, 2.45) is 0 Å². The maximum atomic E-state index is 12.5. The van der Waals surface area contributed by atoms with Crippen LogP contribution >= 0.6 is 0 Å². The molecular formula is C19H23N3O5S. The van der Waals surface area contributed by atoms with Crippen LogP contribution in [0.25, 0.3) is 0 Å². The lowest BCUT2D eigenvalue weighted by molar-refractivity contribution is -0.116. The molecule has 0 radical (unpaired) electrons. The first kappa shape index (κ1) is 18.8. The molecule has 4 rings (SSSR count). The highest BCUT2D eigenvalue weighted by Crippen LogP contribution is 2.44. The number of aromatic nitrogens is 2. The fraction of sp³-hybridized carbons (Fsp3) is 0.474. The minimum atomic E-state index is -3.07. The van der Waals surface area contributed by atoms with Crippen LogP contribution in [-0.2, 0) is 14.6 Å². The third-order valence-corrected chi connectivity index (χ3v) is 7.25. The average Bonchev–Trinajstić information content (AvgIpc) is 3.19. The number of amides is 1. The largest absolute Gasteiger partial charge is 0.497 e. The number of hydrogen-bond acceptors (Lipinski definition) is 6. The normalized spacial score (nSPS) is 23.2. The molecule has 8 nitrogen and oxygen atoms in total. The molecule has 9 heteroatoms. The van der Waals surface area contributed by atoms with Gasteiger partial charge in [0.15, 0.2) is 9.84 Å². The fourth-order valence-electron chi connectivity index (χ4n) is 4.18. The number of benzene rings is 1. The molecule has 0 spiro atoms. The minimum absolute atomic E-state index is 0.0486. The van der Waals surface area contributed by atoms with E-state index >= 15 is 0 Å². The molecule has 2 atom stereocenters. The van der Waals surface area contributed by atoms with Crippen LogP contribution in [0.5, 0.6) is 11.5 Å². The van der Waals surface area contributed by atoms with Crippen LogP contribution in [0.4, 0.5) is 5.82 Å². The lowest BCUT2D eigenvalue weighted by Crippen LogP contribution is -2.26. The molecule has 2 aliphatic rings. The molecule has 150 valence electrons. The van der Waals surface area contributed by atoms with Gasteiger partial charge >= 0.3 is 0 Å². The number of ether oxygens (including phenoxy) is 2. The minimum Gasteiger partial charge on any atom is -0.497 e. The van der Waals surface area contributed by atoms with Crippen LogP contribution in [0.15, 0.2) is 18.2 Å². The Kier molecular flexibility index (Phi) is 4.57. The molecule has 2 unspecified atom stereocenters. The number of methoxy groups -OCH3 is 2. The number of fused-ring (bicyclic) bond motifs is 1. The molecule has 1 saturated heterocycles. The molecule has 1 aromatic heterocycles. The van der Waals surface area contributed by atoms with Crippen LogP contribution in [0, 0.1) is 6.92 Å². The quantitative estimate of drug-likeness (QED) is 0.836. The first-order valence-corrected chi connectivity index (χ1v) is 11.0. The van der Waals surface area contributed by atoms with Gasteiger partial charge in [0.1, 0.15) is 17.3 Å². The molecule has 28 heavy (non-hydrogen) atoms. The van der Waals surface area contributed by atoms with E-state index < -0.39 is 9.84 Å². The van der Waals surface area contributed by atoms with Gasteiger partial charge in [0.2, 0.25) is 5.91 Å². The first-order chi connectivity index (χ1) is 13.3. The predicted octanol–water partition coefficient (Wildman–Crippen LogP) is 2.04. The predicted molar refractivity (Wildman–Crippen MR) is 104 cm³/mol. The van der Waals surface area contributed by atoms with Crippen molar-refractivity contribution < 1.29 is 22.7 Å². The molecule has 2 aromatic rings. The van der Waals surface area contributed by atoms with E-state index in [0.717, 1.165) is 16.8 Å². The monoisotopic (exact) mass is 405 g/mol. The molecule has 1 fully saturated rings. The van der Waals surface area contributed by atoms with Crippen molar-refractivity contribution in [3.63, 3.8) is 0 Å². The van der Waals surface area contributed by atoms with E-state index in [-0.39, 0.29) is 35.8 Å². The van der Waals surface area contributed by atoms with Crippen LogP contribution in [-0.4, -0.2) is 49.8 Å². The SMILES string of the molecule is COc1ccc(C2CC(=O)Nc3c2c(C)nn3C2CCS(=O)(=O)C2)c(OC)c1. The first-order valence-electron chi connectivity index (χ1n) is 9.14. The summed E-state index contributed by atoms with van der Waals surface area (Å²) in [5.74, 6) is 1.75. The Morgan fingerprint density at radius 1 is 1.25 bits per heavy atom. The number of hydrogen-bond donors (Lipinski definition) is 1. The molecule has 1 aromatic carbocycles. The maximum absolute atomic E-state index is 12.5. The van der Waals surface area contributed by atoms with Gasteiger partial charge in [0.05, 0.1) is 37.5 Å². The van der Waals surface area contributed by atoms with Gasteiger partial charge in [-0.3, -0.25) is 4.79 Å². The number of nitrogens with one attached hydrogen (secondary N) is 1. The highest BCUT2D eigenvalue weighted by molar-refractivity contribution is 7.91. The van der Waals surface area contributed by atoms with Crippen molar-refractivity contribution in [3.8, 4) is 11.5 Å². The van der Waals surface area contributed by atoms with E-state index in [9.17, 15) is 13.2 Å². The van der Waals surface area contributed by atoms with E-state index in [0.29, 0.717) is 23.7 Å². The van der Waals surface area contributed by atoms with Crippen molar-refractivity contribution >= 4 is 21.6 Å². The summed E-state index contributed by atoms with van der Waals surface area (Å²) in [6, 6.07) is 5.28. The summed E-state index contributed by atoms with van der Waals surface area (Å²) in [5.41, 5.74) is 2.57. The summed E-state index contributed by atoms with van der Waals surface area (Å²) in [6.07, 6.45) is 0.771. The summed E-state index contributed by atoms with van der Waals surface area (Å²) in [4.78, 5) is 12.5. The highest BCUT2D eigenvalue weighted by Gasteiger charge is 2.38. The second kappa shape index (κ2) is 6.80. The Balaban J connectivity index is 1.81. The third-order valence-electron chi connectivity index (χ3n) is 5.50. The second-order valence-electron chi connectivity index (χ2n) is 7.26. The van der Waals surface area contributed by atoms with Crippen molar-refractivity contribution in [2.75, 3.05) is 31.0 Å². The van der Waals surface area contributed by atoms with Gasteiger partial charge in [0, 0.05) is 29.5 Å². The van der Waals surface area contributed by atoms with Gasteiger partial charge in [-0.15, -0.1) is 0 Å². The molecule has 2 aliphatic heterocycles. The van der Waals surface area contributed by atoms with Crippen LogP contribution in [0.3, 0.4) is 0 Å². The molecule has 0 aliphatic carbocycles. The molecule has 3 heterocycles. The zero-order valence-electron chi connectivity index (χ0n) is 16.1. The summed E-state index contributed by atoms with van der Waals surface area (Å²) < 4.78 is 36.4. The number of rotatable bonds is 4. The van der Waals surface area contributed by atoms with Crippen LogP contribution < -0.4 is 14.8 Å². The standard InChI is InChI=1S/C19H23N3O5S/c1-11-18-15(14-5-4-13(26-2)8-16(14)27-3)9-17(23)20-19(18)22(21-11)12-6-7-28(24,25)10-12/h4-5,8,12,15H,6-7,9-10H2,1-3H3,(H,20,23). The zero-order chi connectivity index (χ0) is 20.1. The number of carbonyl (C=O) groups excluding carboxylic acids is 1. The van der Waals surface area contributed by atoms with Crippen LogP contribution in [0.2, 0.25) is 0 Å². The molecule has 0 bridgehead atoms. The van der Waals surface area contributed by atoms with E-state index in [1.165, 1.54) is 0 Å². The van der Waals surface area contributed by atoms with Gasteiger partial charge in [-0.2, -0.15) is 5.10 Å². The number of aryl methyl sites for hydroxylation is 1. The zero-order valence-corrected chi connectivity index (χ0v) is 16.9. The molecule has 1 amide bonds. The van der Waals surface area contributed by atoms with Gasteiger partial charge in [0.25, 0.3) is 0 Å². The molecule has 0 saturated carbocycles. The Bertz CT molecular complexity index is 1040. The topological polar surface area (TPSA) is 99.5 Å². The van der Waals surface area contributed by atoms with E-state index in [1.54, 1.807) is 25.0 Å². The Morgan fingerprint density at radius 3 is 2.68 bits per heavy atom. The Hall–Kier alpha value is -2.55. The lowest BCUT2D eigenvalue weighted by Gasteiger charge is -2.26. The number of anilines is 1. The second-order valence-corrected chi connectivity index (χ2v) is 9.49. The van der Waals surface area contributed by atoms with Crippen molar-refractivity contribution in [1.29, 1.82) is 0 Å². The Labute approximate surface area is 163 Å². The van der Waals surface area contributed by atoms with Gasteiger partial charge in [-0.05, 0) is 19.4 Å². The third kappa shape index (κ3) is 3.13.